The van der Waals surface area contributed by atoms with E-state index in [1.54, 1.807) is 7.05 Å². The van der Waals surface area contributed by atoms with Gasteiger partial charge in [0.1, 0.15) is 11.7 Å². The Kier molecular flexibility index (Phi) is 1.77. The number of H-pyrrole nitrogens is 1. The van der Waals surface area contributed by atoms with Crippen molar-refractivity contribution in [1.29, 1.82) is 0 Å². The molecule has 0 aliphatic carbocycles. The molecule has 2 N–H and O–H groups in total. The van der Waals surface area contributed by atoms with Gasteiger partial charge in [0, 0.05) is 7.05 Å². The molecule has 2 aromatic rings. The van der Waals surface area contributed by atoms with E-state index in [-0.39, 0.29) is 5.69 Å². The molecule has 2 aromatic heterocycles. The number of aromatic amines is 1. The summed E-state index contributed by atoms with van der Waals surface area (Å²) >= 11 is 0. The summed E-state index contributed by atoms with van der Waals surface area (Å²) < 4.78 is 0. The smallest absolute Gasteiger partial charge is 0.315 e. The van der Waals surface area contributed by atoms with Crippen molar-refractivity contribution in [3.05, 3.63) is 22.6 Å². The van der Waals surface area contributed by atoms with Crippen molar-refractivity contribution in [3.63, 3.8) is 0 Å². The lowest BCUT2D eigenvalue weighted by atomic mass is 10.3. The number of nitrogens with zero attached hydrogens (tertiary/aromatic N) is 3. The molecule has 7 nitrogen and oxygen atoms in total. The van der Waals surface area contributed by atoms with Crippen LogP contribution in [0.1, 0.15) is 0 Å². The molecular weight excluding hydrogens is 186 g/mol. The molecule has 2 heterocycles. The molecule has 0 amide bonds. The molecule has 0 unspecified atom stereocenters. The Labute approximate surface area is 78.3 Å². The average molecular weight is 193 g/mol. The Balaban J connectivity index is 2.78. The van der Waals surface area contributed by atoms with Crippen LogP contribution in [0, 0.1) is 10.1 Å². The van der Waals surface area contributed by atoms with Gasteiger partial charge in [-0.1, -0.05) is 0 Å². The molecule has 2 rings (SSSR count). The highest BCUT2D eigenvalue weighted by atomic mass is 16.6. The topological polar surface area (TPSA) is 96.7 Å². The molecule has 0 aliphatic rings. The van der Waals surface area contributed by atoms with E-state index in [4.69, 9.17) is 0 Å². The molecule has 0 saturated heterocycles. The van der Waals surface area contributed by atoms with Crippen LogP contribution in [-0.2, 0) is 0 Å². The lowest BCUT2D eigenvalue weighted by molar-refractivity contribution is -0.383. The monoisotopic (exact) mass is 193 g/mol. The minimum atomic E-state index is -0.504. The Morgan fingerprint density at radius 3 is 3.00 bits per heavy atom. The fraction of sp³-hybridized carbons (Fsp3) is 0.143. The van der Waals surface area contributed by atoms with Crippen LogP contribution in [0.4, 0.5) is 11.5 Å². The summed E-state index contributed by atoms with van der Waals surface area (Å²) in [6.45, 7) is 0. The van der Waals surface area contributed by atoms with Crippen LogP contribution in [0.15, 0.2) is 12.5 Å². The molecule has 0 fully saturated rings. The number of hydrogen-bond acceptors (Lipinski definition) is 5. The Hall–Kier alpha value is -2.18. The molecule has 0 saturated carbocycles. The van der Waals surface area contributed by atoms with E-state index in [0.29, 0.717) is 16.9 Å². The third-order valence-corrected chi connectivity index (χ3v) is 1.87. The predicted molar refractivity (Wildman–Crippen MR) is 50.1 cm³/mol. The van der Waals surface area contributed by atoms with Crippen molar-refractivity contribution in [3.8, 4) is 0 Å². The SMILES string of the molecule is CNc1ncc([N+](=O)[O-])c2nc[nH]c12. The Morgan fingerprint density at radius 2 is 2.36 bits per heavy atom. The number of hydrogen-bond donors (Lipinski definition) is 2. The van der Waals surface area contributed by atoms with Gasteiger partial charge in [-0.15, -0.1) is 0 Å². The Morgan fingerprint density at radius 1 is 1.57 bits per heavy atom. The van der Waals surface area contributed by atoms with Gasteiger partial charge in [-0.25, -0.2) is 9.97 Å². The number of nitrogens with one attached hydrogen (secondary N) is 2. The highest BCUT2D eigenvalue weighted by Gasteiger charge is 2.16. The van der Waals surface area contributed by atoms with Crippen molar-refractivity contribution >= 4 is 22.5 Å². The van der Waals surface area contributed by atoms with E-state index in [1.807, 2.05) is 0 Å². The van der Waals surface area contributed by atoms with E-state index in [2.05, 4.69) is 20.3 Å². The van der Waals surface area contributed by atoms with Gasteiger partial charge in [0.25, 0.3) is 0 Å². The predicted octanol–water partition coefficient (Wildman–Crippen LogP) is 0.908. The average Bonchev–Trinajstić information content (AvgIpc) is 2.64. The minimum Gasteiger partial charge on any atom is -0.371 e. The first-order chi connectivity index (χ1) is 6.74. The maximum atomic E-state index is 10.6. The third-order valence-electron chi connectivity index (χ3n) is 1.87. The van der Waals surface area contributed by atoms with Gasteiger partial charge < -0.3 is 10.3 Å². The zero-order chi connectivity index (χ0) is 10.1. The van der Waals surface area contributed by atoms with Crippen molar-refractivity contribution in [2.75, 3.05) is 12.4 Å². The maximum Gasteiger partial charge on any atom is 0.315 e. The maximum absolute atomic E-state index is 10.6. The summed E-state index contributed by atoms with van der Waals surface area (Å²) in [6, 6.07) is 0. The number of aromatic nitrogens is 3. The van der Waals surface area contributed by atoms with Gasteiger partial charge in [0.15, 0.2) is 11.3 Å². The van der Waals surface area contributed by atoms with Crippen LogP contribution < -0.4 is 5.32 Å². The van der Waals surface area contributed by atoms with Gasteiger partial charge in [0.05, 0.1) is 11.3 Å². The second-order valence-corrected chi connectivity index (χ2v) is 2.63. The van der Waals surface area contributed by atoms with Gasteiger partial charge in [0.2, 0.25) is 0 Å². The molecule has 0 aromatic carbocycles. The number of imidazole rings is 1. The molecule has 0 atom stereocenters. The zero-order valence-electron chi connectivity index (χ0n) is 7.31. The van der Waals surface area contributed by atoms with Gasteiger partial charge in [-0.2, -0.15) is 0 Å². The summed E-state index contributed by atoms with van der Waals surface area (Å²) in [7, 11) is 1.69. The van der Waals surface area contributed by atoms with Crippen LogP contribution >= 0.6 is 0 Å². The van der Waals surface area contributed by atoms with Crippen molar-refractivity contribution < 1.29 is 4.92 Å². The molecule has 0 spiro atoms. The molecule has 0 bridgehead atoms. The lowest BCUT2D eigenvalue weighted by Crippen LogP contribution is -1.96. The first-order valence-corrected chi connectivity index (χ1v) is 3.88. The third kappa shape index (κ3) is 1.06. The molecular formula is C7H7N5O2. The molecule has 14 heavy (non-hydrogen) atoms. The van der Waals surface area contributed by atoms with E-state index < -0.39 is 4.92 Å². The molecule has 0 radical (unpaired) electrons. The lowest BCUT2D eigenvalue weighted by Gasteiger charge is -1.99. The molecule has 0 aliphatic heterocycles. The number of nitro groups is 1. The normalized spacial score (nSPS) is 10.4. The van der Waals surface area contributed by atoms with Gasteiger partial charge >= 0.3 is 5.69 Å². The zero-order valence-corrected chi connectivity index (χ0v) is 7.31. The van der Waals surface area contributed by atoms with Crippen LogP contribution in [0.5, 0.6) is 0 Å². The minimum absolute atomic E-state index is 0.0970. The van der Waals surface area contributed by atoms with Crippen molar-refractivity contribution in [2.45, 2.75) is 0 Å². The second-order valence-electron chi connectivity index (χ2n) is 2.63. The summed E-state index contributed by atoms with van der Waals surface area (Å²) in [6.07, 6.45) is 2.59. The number of pyridine rings is 1. The first kappa shape index (κ1) is 8.42. The quantitative estimate of drug-likeness (QED) is 0.545. The fourth-order valence-corrected chi connectivity index (χ4v) is 1.24. The highest BCUT2D eigenvalue weighted by molar-refractivity contribution is 5.91. The van der Waals surface area contributed by atoms with Crippen molar-refractivity contribution in [2.24, 2.45) is 0 Å². The van der Waals surface area contributed by atoms with Crippen LogP contribution in [0.25, 0.3) is 11.0 Å². The van der Waals surface area contributed by atoms with Gasteiger partial charge in [-0.3, -0.25) is 10.1 Å². The van der Waals surface area contributed by atoms with Crippen LogP contribution in [0.2, 0.25) is 0 Å². The number of anilines is 1. The van der Waals surface area contributed by atoms with Crippen LogP contribution in [0.3, 0.4) is 0 Å². The van der Waals surface area contributed by atoms with Gasteiger partial charge in [-0.05, 0) is 0 Å². The Bertz CT molecular complexity index is 492. The summed E-state index contributed by atoms with van der Waals surface area (Å²) in [5.74, 6) is 0.545. The largest absolute Gasteiger partial charge is 0.371 e. The molecule has 72 valence electrons. The van der Waals surface area contributed by atoms with E-state index in [1.165, 1.54) is 12.5 Å². The van der Waals surface area contributed by atoms with Crippen LogP contribution in [-0.4, -0.2) is 26.9 Å². The van der Waals surface area contributed by atoms with E-state index in [0.717, 1.165) is 0 Å². The van der Waals surface area contributed by atoms with E-state index >= 15 is 0 Å². The number of rotatable bonds is 2. The number of fused-ring (bicyclic) bond motifs is 1. The summed E-state index contributed by atoms with van der Waals surface area (Å²) in [5, 5.41) is 13.4. The summed E-state index contributed by atoms with van der Waals surface area (Å²) in [4.78, 5) is 20.7. The molecule has 7 heteroatoms. The standard InChI is InChI=1S/C7H7N5O2/c1-8-7-6-5(10-3-11-6)4(2-9-7)12(13)14/h2-3H,1H3,(H,8,9)(H,10,11). The first-order valence-electron chi connectivity index (χ1n) is 3.88. The fourth-order valence-electron chi connectivity index (χ4n) is 1.24. The highest BCUT2D eigenvalue weighted by Crippen LogP contribution is 2.25. The summed E-state index contributed by atoms with van der Waals surface area (Å²) in [5.41, 5.74) is 0.760. The second kappa shape index (κ2) is 2.95. The van der Waals surface area contributed by atoms with E-state index in [9.17, 15) is 10.1 Å². The van der Waals surface area contributed by atoms with Crippen molar-refractivity contribution in [1.82, 2.24) is 15.0 Å².